The first-order valence-electron chi connectivity index (χ1n) is 16.2. The van der Waals surface area contributed by atoms with E-state index in [0.717, 1.165) is 45.1 Å². The van der Waals surface area contributed by atoms with Crippen LogP contribution in [0.15, 0.2) is 60.7 Å². The maximum atomic E-state index is 12.9. The van der Waals surface area contributed by atoms with Gasteiger partial charge in [0, 0.05) is 35.8 Å². The van der Waals surface area contributed by atoms with Crippen LogP contribution in [0.4, 0.5) is 0 Å². The summed E-state index contributed by atoms with van der Waals surface area (Å²) in [6, 6.07) is 21.6. The monoisotopic (exact) mass is 579 g/mol. The van der Waals surface area contributed by atoms with E-state index in [4.69, 9.17) is 0 Å². The van der Waals surface area contributed by atoms with Crippen molar-refractivity contribution in [3.63, 3.8) is 0 Å². The van der Waals surface area contributed by atoms with E-state index < -0.39 is 0 Å². The zero-order valence-electron chi connectivity index (χ0n) is 26.7. The quantitative estimate of drug-likeness (QED) is 0.150. The number of rotatable bonds is 21. The van der Waals surface area contributed by atoms with Gasteiger partial charge in [-0.05, 0) is 73.8 Å². The van der Waals surface area contributed by atoms with Gasteiger partial charge in [-0.25, -0.2) is 0 Å². The lowest BCUT2D eigenvalue weighted by atomic mass is 9.92. The second kappa shape index (κ2) is 19.9. The van der Waals surface area contributed by atoms with Crippen LogP contribution in [-0.2, 0) is 9.59 Å². The average molecular weight is 580 g/mol. The molecule has 3 nitrogen and oxygen atoms in total. The van der Waals surface area contributed by atoms with Gasteiger partial charge in [0.25, 0.3) is 0 Å². The number of hydrogen-bond acceptors (Lipinski definition) is 3. The predicted molar refractivity (Wildman–Crippen MR) is 179 cm³/mol. The molecule has 2 rings (SSSR count). The van der Waals surface area contributed by atoms with E-state index in [1.54, 1.807) is 0 Å². The number of amides is 1. The van der Waals surface area contributed by atoms with Crippen LogP contribution < -0.4 is 5.32 Å². The van der Waals surface area contributed by atoms with Crippen molar-refractivity contribution in [3.8, 4) is 0 Å². The van der Waals surface area contributed by atoms with Gasteiger partial charge in [0.2, 0.25) is 5.91 Å². The number of benzene rings is 2. The van der Waals surface area contributed by atoms with Gasteiger partial charge in [-0.15, -0.1) is 0 Å². The summed E-state index contributed by atoms with van der Waals surface area (Å²) in [6.07, 6.45) is 9.76. The first-order chi connectivity index (χ1) is 19.7. The van der Waals surface area contributed by atoms with Gasteiger partial charge in [-0.2, -0.15) is 11.8 Å². The summed E-state index contributed by atoms with van der Waals surface area (Å²) in [5, 5.41) is 3.79. The Labute approximate surface area is 256 Å². The van der Waals surface area contributed by atoms with Crippen molar-refractivity contribution >= 4 is 23.5 Å². The van der Waals surface area contributed by atoms with E-state index in [0.29, 0.717) is 41.6 Å². The lowest BCUT2D eigenvalue weighted by molar-refractivity contribution is -0.123. The normalized spacial score (nSPS) is 14.5. The Hall–Kier alpha value is -2.07. The molecule has 0 aliphatic rings. The standard InChI is InChI=1S/C37H57NO2S/c1-28(2)15-14-26-38-37(40)25-24-35(27-36(39)29(3)4)41-34(23-22-31(6)33-19-11-8-12-20-33)21-13-16-30(5)32-17-9-7-10-18-32/h7-12,17-20,28-31,34-35H,13-16,21-27H2,1-6H3,(H,38,40). The minimum absolute atomic E-state index is 0.0336. The minimum Gasteiger partial charge on any atom is -0.356 e. The molecule has 0 bridgehead atoms. The summed E-state index contributed by atoms with van der Waals surface area (Å²) in [5.74, 6) is 2.19. The fourth-order valence-electron chi connectivity index (χ4n) is 5.33. The Morgan fingerprint density at radius 2 is 1.24 bits per heavy atom. The van der Waals surface area contributed by atoms with Crippen molar-refractivity contribution in [2.45, 2.75) is 128 Å². The molecule has 0 aromatic heterocycles. The number of carbonyl (C=O) groups is 2. The number of carbonyl (C=O) groups excluding carboxylic acids is 2. The molecule has 0 saturated heterocycles. The zero-order chi connectivity index (χ0) is 30.0. The van der Waals surface area contributed by atoms with Crippen LogP contribution in [0.3, 0.4) is 0 Å². The first-order valence-corrected chi connectivity index (χ1v) is 17.1. The van der Waals surface area contributed by atoms with Gasteiger partial charge in [0.15, 0.2) is 0 Å². The molecule has 0 aliphatic heterocycles. The van der Waals surface area contributed by atoms with Crippen molar-refractivity contribution in [3.05, 3.63) is 71.8 Å². The number of Topliss-reactive ketones (excluding diaryl/α,β-unsaturated/α-hetero) is 1. The molecule has 1 N–H and O–H groups in total. The van der Waals surface area contributed by atoms with E-state index in [2.05, 4.69) is 93.7 Å². The maximum absolute atomic E-state index is 12.9. The van der Waals surface area contributed by atoms with Crippen LogP contribution in [0.25, 0.3) is 0 Å². The average Bonchev–Trinajstić information content (AvgIpc) is 2.97. The van der Waals surface area contributed by atoms with Gasteiger partial charge >= 0.3 is 0 Å². The molecule has 4 atom stereocenters. The molecule has 41 heavy (non-hydrogen) atoms. The summed E-state index contributed by atoms with van der Waals surface area (Å²) in [7, 11) is 0. The third-order valence-electron chi connectivity index (χ3n) is 8.25. The second-order valence-corrected chi connectivity index (χ2v) is 14.4. The lowest BCUT2D eigenvalue weighted by Gasteiger charge is -2.25. The highest BCUT2D eigenvalue weighted by Gasteiger charge is 2.23. The van der Waals surface area contributed by atoms with Crippen LogP contribution in [0.2, 0.25) is 0 Å². The van der Waals surface area contributed by atoms with Gasteiger partial charge in [0.1, 0.15) is 5.78 Å². The van der Waals surface area contributed by atoms with Crippen molar-refractivity contribution in [2.24, 2.45) is 11.8 Å². The van der Waals surface area contributed by atoms with Crippen LogP contribution in [-0.4, -0.2) is 28.7 Å². The van der Waals surface area contributed by atoms with Gasteiger partial charge in [-0.1, -0.05) is 109 Å². The maximum Gasteiger partial charge on any atom is 0.220 e. The molecule has 4 unspecified atom stereocenters. The molecular weight excluding hydrogens is 522 g/mol. The molecule has 0 aliphatic carbocycles. The number of nitrogens with one attached hydrogen (secondary N) is 1. The third-order valence-corrected chi connectivity index (χ3v) is 9.90. The molecule has 0 spiro atoms. The van der Waals surface area contributed by atoms with E-state index >= 15 is 0 Å². The summed E-state index contributed by atoms with van der Waals surface area (Å²) < 4.78 is 0. The highest BCUT2D eigenvalue weighted by molar-refractivity contribution is 8.00. The number of thioether (sulfide) groups is 1. The molecule has 228 valence electrons. The Bertz CT molecular complexity index is 975. The van der Waals surface area contributed by atoms with Gasteiger partial charge in [-0.3, -0.25) is 9.59 Å². The van der Waals surface area contributed by atoms with Crippen molar-refractivity contribution in [1.29, 1.82) is 0 Å². The summed E-state index contributed by atoms with van der Waals surface area (Å²) in [5.41, 5.74) is 2.81. The topological polar surface area (TPSA) is 46.2 Å². The largest absolute Gasteiger partial charge is 0.356 e. The van der Waals surface area contributed by atoms with E-state index in [-0.39, 0.29) is 17.1 Å². The van der Waals surface area contributed by atoms with Crippen LogP contribution in [0.1, 0.15) is 129 Å². The number of hydrogen-bond donors (Lipinski definition) is 1. The van der Waals surface area contributed by atoms with Crippen LogP contribution in [0.5, 0.6) is 0 Å². The molecule has 0 fully saturated rings. The molecule has 0 radical (unpaired) electrons. The second-order valence-electron chi connectivity index (χ2n) is 12.8. The Morgan fingerprint density at radius 1 is 0.659 bits per heavy atom. The van der Waals surface area contributed by atoms with Gasteiger partial charge in [0.05, 0.1) is 0 Å². The summed E-state index contributed by atoms with van der Waals surface area (Å²) in [6.45, 7) is 13.8. The molecule has 1 amide bonds. The minimum atomic E-state index is 0.0336. The van der Waals surface area contributed by atoms with Crippen LogP contribution in [0, 0.1) is 11.8 Å². The first kappa shape index (κ1) is 35.1. The summed E-state index contributed by atoms with van der Waals surface area (Å²) >= 11 is 1.99. The fraction of sp³-hybridized carbons (Fsp3) is 0.622. The molecular formula is C37H57NO2S. The lowest BCUT2D eigenvalue weighted by Crippen LogP contribution is -2.26. The molecule has 4 heteroatoms. The van der Waals surface area contributed by atoms with Crippen molar-refractivity contribution < 1.29 is 9.59 Å². The predicted octanol–water partition coefficient (Wildman–Crippen LogP) is 9.96. The number of ketones is 1. The fourth-order valence-corrected chi connectivity index (χ4v) is 6.97. The third kappa shape index (κ3) is 15.1. The van der Waals surface area contributed by atoms with E-state index in [1.807, 2.05) is 25.6 Å². The van der Waals surface area contributed by atoms with Gasteiger partial charge < -0.3 is 5.32 Å². The van der Waals surface area contributed by atoms with Crippen molar-refractivity contribution in [2.75, 3.05) is 6.54 Å². The zero-order valence-corrected chi connectivity index (χ0v) is 27.6. The highest BCUT2D eigenvalue weighted by Crippen LogP contribution is 2.35. The summed E-state index contributed by atoms with van der Waals surface area (Å²) in [4.78, 5) is 25.5. The van der Waals surface area contributed by atoms with E-state index in [9.17, 15) is 9.59 Å². The molecule has 0 heterocycles. The smallest absolute Gasteiger partial charge is 0.220 e. The van der Waals surface area contributed by atoms with Crippen LogP contribution >= 0.6 is 11.8 Å². The Balaban J connectivity index is 2.02. The Kier molecular flexibility index (Phi) is 17.1. The van der Waals surface area contributed by atoms with Crippen molar-refractivity contribution in [1.82, 2.24) is 5.32 Å². The SMILES string of the molecule is CC(C)CCCNC(=O)CCC(CC(=O)C(C)C)SC(CCCC(C)c1ccccc1)CCC(C)c1ccccc1. The molecule has 2 aromatic rings. The Morgan fingerprint density at radius 3 is 1.80 bits per heavy atom. The molecule has 0 saturated carbocycles. The highest BCUT2D eigenvalue weighted by atomic mass is 32.2. The van der Waals surface area contributed by atoms with E-state index in [1.165, 1.54) is 24.0 Å². The molecule has 2 aromatic carbocycles.